The molecule has 106 valence electrons. The van der Waals surface area contributed by atoms with Gasteiger partial charge in [0.15, 0.2) is 0 Å². The Morgan fingerprint density at radius 1 is 1.11 bits per heavy atom. The molecule has 5 heteroatoms. The van der Waals surface area contributed by atoms with E-state index in [1.807, 2.05) is 24.3 Å². The fourth-order valence-corrected chi connectivity index (χ4v) is 4.45. The molecule has 19 heavy (non-hydrogen) atoms. The van der Waals surface area contributed by atoms with E-state index in [9.17, 15) is 8.42 Å². The Kier molecular flexibility index (Phi) is 5.28. The molecule has 0 atom stereocenters. The van der Waals surface area contributed by atoms with Crippen molar-refractivity contribution < 1.29 is 8.42 Å². The van der Waals surface area contributed by atoms with Gasteiger partial charge in [0.25, 0.3) is 0 Å². The summed E-state index contributed by atoms with van der Waals surface area (Å²) in [5, 5.41) is 0.780. The van der Waals surface area contributed by atoms with Crippen molar-refractivity contribution >= 4 is 31.6 Å². The van der Waals surface area contributed by atoms with Gasteiger partial charge in [-0.2, -0.15) is 0 Å². The summed E-state index contributed by atoms with van der Waals surface area (Å²) in [4.78, 5) is 0. The van der Waals surface area contributed by atoms with E-state index in [1.165, 1.54) is 19.3 Å². The van der Waals surface area contributed by atoms with Crippen LogP contribution in [0, 0.1) is 5.92 Å². The first-order valence-electron chi connectivity index (χ1n) is 6.74. The van der Waals surface area contributed by atoms with E-state index in [2.05, 4.69) is 20.7 Å². The molecule has 0 unspecified atom stereocenters. The highest BCUT2D eigenvalue weighted by Crippen LogP contribution is 2.25. The third-order valence-corrected chi connectivity index (χ3v) is 5.67. The van der Waals surface area contributed by atoms with Crippen LogP contribution in [0.3, 0.4) is 0 Å². The number of hydrogen-bond donors (Lipinski definition) is 1. The molecular weight excluding hydrogens is 326 g/mol. The molecule has 0 radical (unpaired) electrons. The zero-order valence-electron chi connectivity index (χ0n) is 10.9. The second kappa shape index (κ2) is 6.75. The molecule has 0 aliphatic heterocycles. The number of nitrogens with one attached hydrogen (secondary N) is 1. The van der Waals surface area contributed by atoms with Gasteiger partial charge in [-0.1, -0.05) is 47.3 Å². The first kappa shape index (κ1) is 14.9. The molecule has 1 saturated carbocycles. The van der Waals surface area contributed by atoms with Crippen molar-refractivity contribution in [2.75, 3.05) is 10.5 Å². The molecule has 1 N–H and O–H groups in total. The van der Waals surface area contributed by atoms with E-state index in [4.69, 9.17) is 0 Å². The minimum absolute atomic E-state index is 0.257. The molecule has 1 aromatic carbocycles. The molecule has 2 rings (SSSR count). The smallest absolute Gasteiger partial charge is 0.232 e. The standard InChI is InChI=1S/C14H20BrNO2S/c15-10-12-6-8-14(9-7-12)16-19(17,18)11-13-4-2-1-3-5-13/h6-9,13,16H,1-5,10-11H2. The van der Waals surface area contributed by atoms with E-state index in [-0.39, 0.29) is 5.75 Å². The van der Waals surface area contributed by atoms with Crippen molar-refractivity contribution in [1.29, 1.82) is 0 Å². The predicted octanol–water partition coefficient (Wildman–Crippen LogP) is 3.90. The Morgan fingerprint density at radius 2 is 1.74 bits per heavy atom. The monoisotopic (exact) mass is 345 g/mol. The van der Waals surface area contributed by atoms with Crippen LogP contribution in [0.2, 0.25) is 0 Å². The van der Waals surface area contributed by atoms with Gasteiger partial charge in [-0.25, -0.2) is 8.42 Å². The summed E-state index contributed by atoms with van der Waals surface area (Å²) in [6, 6.07) is 7.48. The van der Waals surface area contributed by atoms with Gasteiger partial charge >= 0.3 is 0 Å². The first-order valence-corrected chi connectivity index (χ1v) is 9.52. The lowest BCUT2D eigenvalue weighted by molar-refractivity contribution is 0.385. The van der Waals surface area contributed by atoms with Gasteiger partial charge in [-0.3, -0.25) is 4.72 Å². The summed E-state index contributed by atoms with van der Waals surface area (Å²) >= 11 is 3.37. The van der Waals surface area contributed by atoms with Gasteiger partial charge in [0.2, 0.25) is 10.0 Å². The summed E-state index contributed by atoms with van der Waals surface area (Å²) in [6.45, 7) is 0. The lowest BCUT2D eigenvalue weighted by Crippen LogP contribution is -2.24. The molecule has 0 bridgehead atoms. The van der Waals surface area contributed by atoms with Crippen LogP contribution in [-0.4, -0.2) is 14.2 Å². The molecule has 0 spiro atoms. The van der Waals surface area contributed by atoms with E-state index >= 15 is 0 Å². The molecule has 0 aromatic heterocycles. The average Bonchev–Trinajstić information content (AvgIpc) is 2.39. The van der Waals surface area contributed by atoms with E-state index in [1.54, 1.807) is 0 Å². The van der Waals surface area contributed by atoms with Crippen LogP contribution in [0.25, 0.3) is 0 Å². The fraction of sp³-hybridized carbons (Fsp3) is 0.571. The number of rotatable bonds is 5. The number of sulfonamides is 1. The first-order chi connectivity index (χ1) is 9.09. The van der Waals surface area contributed by atoms with Gasteiger partial charge in [0.05, 0.1) is 5.75 Å². The third kappa shape index (κ3) is 4.80. The van der Waals surface area contributed by atoms with Gasteiger partial charge < -0.3 is 0 Å². The molecule has 0 saturated heterocycles. The Labute approximate surface area is 124 Å². The molecule has 1 aliphatic rings. The highest BCUT2D eigenvalue weighted by Gasteiger charge is 2.21. The van der Waals surface area contributed by atoms with Crippen LogP contribution in [0.4, 0.5) is 5.69 Å². The van der Waals surface area contributed by atoms with Crippen LogP contribution >= 0.6 is 15.9 Å². The van der Waals surface area contributed by atoms with Crippen LogP contribution in [0.15, 0.2) is 24.3 Å². The molecule has 1 aromatic rings. The molecule has 0 amide bonds. The highest BCUT2D eigenvalue weighted by atomic mass is 79.9. The van der Waals surface area contributed by atoms with E-state index < -0.39 is 10.0 Å². The minimum Gasteiger partial charge on any atom is -0.284 e. The maximum atomic E-state index is 12.1. The largest absolute Gasteiger partial charge is 0.284 e. The second-order valence-electron chi connectivity index (χ2n) is 5.22. The normalized spacial score (nSPS) is 17.3. The van der Waals surface area contributed by atoms with Crippen molar-refractivity contribution in [2.24, 2.45) is 5.92 Å². The van der Waals surface area contributed by atoms with Gasteiger partial charge in [0, 0.05) is 11.0 Å². The second-order valence-corrected chi connectivity index (χ2v) is 7.55. The SMILES string of the molecule is O=S(=O)(CC1CCCCC1)Nc1ccc(CBr)cc1. The number of alkyl halides is 1. The van der Waals surface area contributed by atoms with Crippen LogP contribution in [-0.2, 0) is 15.4 Å². The van der Waals surface area contributed by atoms with Crippen LogP contribution < -0.4 is 4.72 Å². The lowest BCUT2D eigenvalue weighted by Gasteiger charge is -2.21. The minimum atomic E-state index is -3.22. The molecule has 1 aliphatic carbocycles. The molecule has 1 fully saturated rings. The van der Waals surface area contributed by atoms with E-state index in [0.29, 0.717) is 11.6 Å². The van der Waals surface area contributed by atoms with Crippen molar-refractivity contribution in [3.63, 3.8) is 0 Å². The lowest BCUT2D eigenvalue weighted by atomic mass is 9.91. The summed E-state index contributed by atoms with van der Waals surface area (Å²) in [6.07, 6.45) is 5.67. The number of halogens is 1. The summed E-state index contributed by atoms with van der Waals surface area (Å²) in [5.41, 5.74) is 1.79. The van der Waals surface area contributed by atoms with Gasteiger partial charge in [-0.15, -0.1) is 0 Å². The van der Waals surface area contributed by atoms with Crippen molar-refractivity contribution in [2.45, 2.75) is 37.4 Å². The zero-order chi connectivity index (χ0) is 13.7. The Bertz CT molecular complexity index is 493. The quantitative estimate of drug-likeness (QED) is 0.822. The van der Waals surface area contributed by atoms with E-state index in [0.717, 1.165) is 23.7 Å². The van der Waals surface area contributed by atoms with Crippen LogP contribution in [0.1, 0.15) is 37.7 Å². The van der Waals surface area contributed by atoms with Crippen molar-refractivity contribution in [1.82, 2.24) is 0 Å². The molecule has 0 heterocycles. The van der Waals surface area contributed by atoms with Gasteiger partial charge in [0.1, 0.15) is 0 Å². The van der Waals surface area contributed by atoms with Crippen LogP contribution in [0.5, 0.6) is 0 Å². The van der Waals surface area contributed by atoms with Crippen molar-refractivity contribution in [3.05, 3.63) is 29.8 Å². The van der Waals surface area contributed by atoms with Crippen molar-refractivity contribution in [3.8, 4) is 0 Å². The highest BCUT2D eigenvalue weighted by molar-refractivity contribution is 9.08. The third-order valence-electron chi connectivity index (χ3n) is 3.56. The summed E-state index contributed by atoms with van der Waals surface area (Å²) in [5.74, 6) is 0.584. The zero-order valence-corrected chi connectivity index (χ0v) is 13.3. The maximum Gasteiger partial charge on any atom is 0.232 e. The summed E-state index contributed by atoms with van der Waals surface area (Å²) in [7, 11) is -3.22. The topological polar surface area (TPSA) is 46.2 Å². The molecular formula is C14H20BrNO2S. The number of anilines is 1. The maximum absolute atomic E-state index is 12.1. The predicted molar refractivity (Wildman–Crippen MR) is 83.1 cm³/mol. The fourth-order valence-electron chi connectivity index (χ4n) is 2.55. The summed E-state index contributed by atoms with van der Waals surface area (Å²) < 4.78 is 26.9. The Balaban J connectivity index is 1.95. The Morgan fingerprint density at radius 3 is 2.32 bits per heavy atom. The number of benzene rings is 1. The average molecular weight is 346 g/mol. The Hall–Kier alpha value is -0.550. The number of hydrogen-bond acceptors (Lipinski definition) is 2. The van der Waals surface area contributed by atoms with Gasteiger partial charge in [-0.05, 0) is 36.5 Å². The molecule has 3 nitrogen and oxygen atoms in total.